The molecule has 3 N–H and O–H groups in total. The van der Waals surface area contributed by atoms with Crippen molar-refractivity contribution in [3.05, 3.63) is 38.9 Å². The summed E-state index contributed by atoms with van der Waals surface area (Å²) >= 11 is 5.35. The number of alkyl halides is 1. The summed E-state index contributed by atoms with van der Waals surface area (Å²) in [6, 6.07) is 4.72. The van der Waals surface area contributed by atoms with Gasteiger partial charge < -0.3 is 15.3 Å². The lowest BCUT2D eigenvalue weighted by Gasteiger charge is -2.04. The van der Waals surface area contributed by atoms with Crippen LogP contribution in [-0.2, 0) is 4.79 Å². The Bertz CT molecular complexity index is 689. The van der Waals surface area contributed by atoms with E-state index in [0.717, 1.165) is 0 Å². The number of nitrogens with one attached hydrogen (secondary N) is 3. The number of halogens is 1. The zero-order chi connectivity index (χ0) is 12.4. The number of fused-ring (bicyclic) bond motifs is 1. The molecule has 2 rings (SSSR count). The molecule has 0 saturated carbocycles. The number of benzene rings is 1. The van der Waals surface area contributed by atoms with Crippen LogP contribution in [0.5, 0.6) is 0 Å². The lowest BCUT2D eigenvalue weighted by molar-refractivity contribution is -0.113. The molecule has 0 bridgehead atoms. The molecule has 0 radical (unpaired) electrons. The SMILES string of the molecule is O=C(CCl)Nc1ccc2[nH]c(=O)c(=O)[nH]c2c1. The van der Waals surface area contributed by atoms with Crippen LogP contribution in [-0.4, -0.2) is 21.8 Å². The summed E-state index contributed by atoms with van der Waals surface area (Å²) in [5.41, 5.74) is -0.0420. The minimum atomic E-state index is -0.738. The summed E-state index contributed by atoms with van der Waals surface area (Å²) in [6.45, 7) is 0. The Labute approximate surface area is 99.6 Å². The Morgan fingerprint density at radius 2 is 1.82 bits per heavy atom. The molecule has 0 aliphatic rings. The third kappa shape index (κ3) is 2.36. The first-order valence-corrected chi connectivity index (χ1v) is 5.26. The number of carbonyl (C=O) groups is 1. The fourth-order valence-corrected chi connectivity index (χ4v) is 1.45. The van der Waals surface area contributed by atoms with E-state index in [4.69, 9.17) is 11.6 Å². The predicted molar refractivity (Wildman–Crippen MR) is 64.5 cm³/mol. The van der Waals surface area contributed by atoms with E-state index in [1.165, 1.54) is 6.07 Å². The molecule has 1 amide bonds. The number of rotatable bonds is 2. The molecule has 0 aliphatic heterocycles. The number of carbonyl (C=O) groups excluding carboxylic acids is 1. The maximum atomic E-state index is 11.1. The van der Waals surface area contributed by atoms with Crippen molar-refractivity contribution < 1.29 is 4.79 Å². The first-order chi connectivity index (χ1) is 8.10. The maximum absolute atomic E-state index is 11.1. The molecule has 0 fully saturated rings. The van der Waals surface area contributed by atoms with Gasteiger partial charge in [0.15, 0.2) is 0 Å². The van der Waals surface area contributed by atoms with Crippen LogP contribution >= 0.6 is 11.6 Å². The van der Waals surface area contributed by atoms with E-state index in [0.29, 0.717) is 16.7 Å². The summed E-state index contributed by atoms with van der Waals surface area (Å²) in [7, 11) is 0. The quantitative estimate of drug-likeness (QED) is 0.534. The second kappa shape index (κ2) is 4.42. The van der Waals surface area contributed by atoms with Crippen molar-refractivity contribution in [2.24, 2.45) is 0 Å². The second-order valence-corrected chi connectivity index (χ2v) is 3.62. The topological polar surface area (TPSA) is 94.8 Å². The molecule has 1 heterocycles. The Hall–Kier alpha value is -2.08. The van der Waals surface area contributed by atoms with Crippen molar-refractivity contribution in [2.75, 3.05) is 11.2 Å². The van der Waals surface area contributed by atoms with E-state index in [2.05, 4.69) is 15.3 Å². The number of anilines is 1. The van der Waals surface area contributed by atoms with Gasteiger partial charge in [-0.15, -0.1) is 11.6 Å². The molecule has 0 saturated heterocycles. The summed E-state index contributed by atoms with van der Waals surface area (Å²) in [5, 5.41) is 2.53. The average molecular weight is 254 g/mol. The first-order valence-electron chi connectivity index (χ1n) is 4.72. The van der Waals surface area contributed by atoms with Crippen LogP contribution in [0, 0.1) is 0 Å². The predicted octanol–water partition coefficient (Wildman–Crippen LogP) is 0.394. The number of H-pyrrole nitrogens is 2. The number of aromatic nitrogens is 2. The van der Waals surface area contributed by atoms with Crippen molar-refractivity contribution >= 4 is 34.2 Å². The molecule has 0 aliphatic carbocycles. The van der Waals surface area contributed by atoms with Crippen molar-refractivity contribution in [1.82, 2.24) is 9.97 Å². The largest absolute Gasteiger partial charge is 0.325 e. The van der Waals surface area contributed by atoms with Crippen LogP contribution in [0.4, 0.5) is 5.69 Å². The highest BCUT2D eigenvalue weighted by atomic mass is 35.5. The molecule has 0 spiro atoms. The van der Waals surface area contributed by atoms with Gasteiger partial charge in [-0.2, -0.15) is 0 Å². The van der Waals surface area contributed by atoms with E-state index in [-0.39, 0.29) is 11.8 Å². The molecule has 2 aromatic rings. The van der Waals surface area contributed by atoms with E-state index < -0.39 is 11.1 Å². The first kappa shape index (κ1) is 11.4. The van der Waals surface area contributed by atoms with E-state index >= 15 is 0 Å². The average Bonchev–Trinajstić information content (AvgIpc) is 2.31. The molecule has 7 heteroatoms. The third-order valence-electron chi connectivity index (χ3n) is 2.13. The summed E-state index contributed by atoms with van der Waals surface area (Å²) in [5.74, 6) is -0.502. The summed E-state index contributed by atoms with van der Waals surface area (Å²) in [6.07, 6.45) is 0. The normalized spacial score (nSPS) is 10.4. The Balaban J connectivity index is 2.50. The van der Waals surface area contributed by atoms with Crippen LogP contribution in [0.2, 0.25) is 0 Å². The van der Waals surface area contributed by atoms with Gasteiger partial charge in [-0.3, -0.25) is 14.4 Å². The van der Waals surface area contributed by atoms with E-state index in [1.54, 1.807) is 12.1 Å². The highest BCUT2D eigenvalue weighted by Gasteiger charge is 2.03. The molecule has 0 atom stereocenters. The molecule has 17 heavy (non-hydrogen) atoms. The van der Waals surface area contributed by atoms with Gasteiger partial charge in [0.25, 0.3) is 0 Å². The Kier molecular flexibility index (Phi) is 2.97. The highest BCUT2D eigenvalue weighted by molar-refractivity contribution is 6.29. The fourth-order valence-electron chi connectivity index (χ4n) is 1.39. The fraction of sp³-hybridized carbons (Fsp3) is 0.100. The van der Waals surface area contributed by atoms with Crippen molar-refractivity contribution in [3.8, 4) is 0 Å². The Morgan fingerprint density at radius 1 is 1.18 bits per heavy atom. The molecular formula is C10H8ClN3O3. The molecule has 88 valence electrons. The van der Waals surface area contributed by atoms with Crippen LogP contribution < -0.4 is 16.4 Å². The molecule has 1 aromatic heterocycles. The standard InChI is InChI=1S/C10H8ClN3O3/c11-4-8(15)12-5-1-2-6-7(3-5)14-10(17)9(16)13-6/h1-3H,4H2,(H,12,15)(H,13,16)(H,14,17). The highest BCUT2D eigenvalue weighted by Crippen LogP contribution is 2.13. The minimum absolute atomic E-state index is 0.153. The lowest BCUT2D eigenvalue weighted by atomic mass is 10.2. The smallest absolute Gasteiger partial charge is 0.314 e. The zero-order valence-electron chi connectivity index (χ0n) is 8.54. The Morgan fingerprint density at radius 3 is 2.47 bits per heavy atom. The van der Waals surface area contributed by atoms with E-state index in [1.807, 2.05) is 0 Å². The summed E-state index contributed by atoms with van der Waals surface area (Å²) < 4.78 is 0. The van der Waals surface area contributed by atoms with Gasteiger partial charge in [0, 0.05) is 5.69 Å². The molecular weight excluding hydrogens is 246 g/mol. The van der Waals surface area contributed by atoms with Gasteiger partial charge in [0.05, 0.1) is 11.0 Å². The minimum Gasteiger partial charge on any atom is -0.325 e. The number of aromatic amines is 2. The van der Waals surface area contributed by atoms with Crippen molar-refractivity contribution in [2.45, 2.75) is 0 Å². The van der Waals surface area contributed by atoms with Crippen LogP contribution in [0.15, 0.2) is 27.8 Å². The van der Waals surface area contributed by atoms with Crippen LogP contribution in [0.3, 0.4) is 0 Å². The third-order valence-corrected chi connectivity index (χ3v) is 2.37. The van der Waals surface area contributed by atoms with Crippen molar-refractivity contribution in [3.63, 3.8) is 0 Å². The van der Waals surface area contributed by atoms with Crippen LogP contribution in [0.1, 0.15) is 0 Å². The number of hydrogen-bond acceptors (Lipinski definition) is 3. The molecule has 6 nitrogen and oxygen atoms in total. The van der Waals surface area contributed by atoms with Crippen LogP contribution in [0.25, 0.3) is 11.0 Å². The monoisotopic (exact) mass is 253 g/mol. The second-order valence-electron chi connectivity index (χ2n) is 3.35. The van der Waals surface area contributed by atoms with Gasteiger partial charge in [0.2, 0.25) is 5.91 Å². The van der Waals surface area contributed by atoms with E-state index in [9.17, 15) is 14.4 Å². The number of hydrogen-bond donors (Lipinski definition) is 3. The van der Waals surface area contributed by atoms with Gasteiger partial charge in [-0.05, 0) is 18.2 Å². The molecule has 0 unspecified atom stereocenters. The number of amides is 1. The van der Waals surface area contributed by atoms with Crippen molar-refractivity contribution in [1.29, 1.82) is 0 Å². The zero-order valence-corrected chi connectivity index (χ0v) is 9.30. The van der Waals surface area contributed by atoms with Gasteiger partial charge in [0.1, 0.15) is 5.88 Å². The maximum Gasteiger partial charge on any atom is 0.314 e. The van der Waals surface area contributed by atoms with Gasteiger partial charge in [-0.1, -0.05) is 0 Å². The van der Waals surface area contributed by atoms with Gasteiger partial charge >= 0.3 is 11.1 Å². The molecule has 1 aromatic carbocycles. The van der Waals surface area contributed by atoms with Gasteiger partial charge in [-0.25, -0.2) is 0 Å². The summed E-state index contributed by atoms with van der Waals surface area (Å²) in [4.78, 5) is 38.1. The lowest BCUT2D eigenvalue weighted by Crippen LogP contribution is -2.28.